The van der Waals surface area contributed by atoms with Gasteiger partial charge in [-0.2, -0.15) is 0 Å². The van der Waals surface area contributed by atoms with Crippen LogP contribution in [-0.4, -0.2) is 37.6 Å². The van der Waals surface area contributed by atoms with E-state index in [2.05, 4.69) is 24.1 Å². The molecule has 1 N–H and O–H groups in total. The molecule has 0 aromatic heterocycles. The molecule has 0 aromatic carbocycles. The van der Waals surface area contributed by atoms with Gasteiger partial charge >= 0.3 is 0 Å². The van der Waals surface area contributed by atoms with Crippen LogP contribution in [0.4, 0.5) is 0 Å². The Morgan fingerprint density at radius 3 is 2.54 bits per heavy atom. The quantitative estimate of drug-likeness (QED) is 0.676. The summed E-state index contributed by atoms with van der Waals surface area (Å²) in [6.45, 7) is 8.21. The summed E-state index contributed by atoms with van der Waals surface area (Å²) in [4.78, 5) is 2.60. The number of rotatable bonds is 6. The Kier molecular flexibility index (Phi) is 4.74. The van der Waals surface area contributed by atoms with E-state index in [1.54, 1.807) is 0 Å². The zero-order valence-corrected chi connectivity index (χ0v) is 9.34. The molecule has 1 saturated carbocycles. The lowest BCUT2D eigenvalue weighted by molar-refractivity contribution is 0.145. The molecule has 78 valence electrons. The first kappa shape index (κ1) is 11.0. The Hall–Kier alpha value is -0.0800. The van der Waals surface area contributed by atoms with Crippen LogP contribution in [0.2, 0.25) is 0 Å². The summed E-state index contributed by atoms with van der Waals surface area (Å²) in [5, 5.41) is 3.25. The molecule has 1 rings (SSSR count). The maximum absolute atomic E-state index is 3.25. The van der Waals surface area contributed by atoms with E-state index in [9.17, 15) is 0 Å². The molecule has 2 heteroatoms. The van der Waals surface area contributed by atoms with Crippen molar-refractivity contribution in [2.45, 2.75) is 39.2 Å². The van der Waals surface area contributed by atoms with Crippen LogP contribution in [0, 0.1) is 5.92 Å². The molecular weight excluding hydrogens is 160 g/mol. The topological polar surface area (TPSA) is 15.3 Å². The van der Waals surface area contributed by atoms with Crippen LogP contribution >= 0.6 is 0 Å². The van der Waals surface area contributed by atoms with Crippen molar-refractivity contribution in [2.24, 2.45) is 5.92 Å². The molecule has 0 saturated heterocycles. The fourth-order valence-corrected chi connectivity index (χ4v) is 2.05. The van der Waals surface area contributed by atoms with Crippen molar-refractivity contribution in [1.82, 2.24) is 10.2 Å². The highest BCUT2D eigenvalue weighted by atomic mass is 15.2. The first-order valence-corrected chi connectivity index (χ1v) is 5.66. The van der Waals surface area contributed by atoms with Crippen molar-refractivity contribution in [3.05, 3.63) is 0 Å². The third kappa shape index (κ3) is 3.28. The van der Waals surface area contributed by atoms with Gasteiger partial charge in [-0.1, -0.05) is 13.3 Å². The summed E-state index contributed by atoms with van der Waals surface area (Å²) in [5.74, 6) is 0.999. The minimum absolute atomic E-state index is 0.690. The van der Waals surface area contributed by atoms with Crippen molar-refractivity contribution in [2.75, 3.05) is 26.7 Å². The minimum atomic E-state index is 0.690. The molecule has 1 aliphatic carbocycles. The highest BCUT2D eigenvalue weighted by Gasteiger charge is 2.21. The van der Waals surface area contributed by atoms with Gasteiger partial charge in [-0.15, -0.1) is 0 Å². The van der Waals surface area contributed by atoms with E-state index in [0.717, 1.165) is 12.5 Å². The SMILES string of the molecule is CCN(CC1CCC1)C(C)CNC. The third-order valence-corrected chi connectivity index (χ3v) is 3.25. The second-order valence-electron chi connectivity index (χ2n) is 4.29. The summed E-state index contributed by atoms with van der Waals surface area (Å²) < 4.78 is 0. The smallest absolute Gasteiger partial charge is 0.0192 e. The molecule has 1 unspecified atom stereocenters. The summed E-state index contributed by atoms with van der Waals surface area (Å²) in [6, 6.07) is 0.690. The molecule has 1 atom stereocenters. The van der Waals surface area contributed by atoms with E-state index in [1.165, 1.54) is 32.4 Å². The van der Waals surface area contributed by atoms with Crippen LogP contribution in [-0.2, 0) is 0 Å². The fourth-order valence-electron chi connectivity index (χ4n) is 2.05. The Bertz CT molecular complexity index is 132. The van der Waals surface area contributed by atoms with Gasteiger partial charge in [0.25, 0.3) is 0 Å². The zero-order valence-electron chi connectivity index (χ0n) is 9.34. The predicted octanol–water partition coefficient (Wildman–Crippen LogP) is 1.72. The highest BCUT2D eigenvalue weighted by Crippen LogP contribution is 2.27. The van der Waals surface area contributed by atoms with Crippen LogP contribution in [0.5, 0.6) is 0 Å². The number of nitrogens with zero attached hydrogens (tertiary/aromatic N) is 1. The van der Waals surface area contributed by atoms with E-state index in [0.29, 0.717) is 6.04 Å². The van der Waals surface area contributed by atoms with Gasteiger partial charge in [0.2, 0.25) is 0 Å². The summed E-state index contributed by atoms with van der Waals surface area (Å²) in [6.07, 6.45) is 4.38. The molecule has 1 fully saturated rings. The number of hydrogen-bond acceptors (Lipinski definition) is 2. The lowest BCUT2D eigenvalue weighted by Crippen LogP contribution is -2.43. The Labute approximate surface area is 82.7 Å². The lowest BCUT2D eigenvalue weighted by atomic mass is 9.85. The molecule has 0 bridgehead atoms. The van der Waals surface area contributed by atoms with E-state index >= 15 is 0 Å². The fraction of sp³-hybridized carbons (Fsp3) is 1.00. The molecule has 0 aromatic rings. The lowest BCUT2D eigenvalue weighted by Gasteiger charge is -2.35. The van der Waals surface area contributed by atoms with Gasteiger partial charge in [-0.3, -0.25) is 4.90 Å². The molecule has 2 nitrogen and oxygen atoms in total. The van der Waals surface area contributed by atoms with Crippen molar-refractivity contribution >= 4 is 0 Å². The van der Waals surface area contributed by atoms with E-state index in [1.807, 2.05) is 7.05 Å². The molecule has 13 heavy (non-hydrogen) atoms. The number of hydrogen-bond donors (Lipinski definition) is 1. The first-order valence-electron chi connectivity index (χ1n) is 5.66. The highest BCUT2D eigenvalue weighted by molar-refractivity contribution is 4.76. The standard InChI is InChI=1S/C11H24N2/c1-4-13(10(2)8-12-3)9-11-6-5-7-11/h10-12H,4-9H2,1-3H3. The Morgan fingerprint density at radius 1 is 1.46 bits per heavy atom. The molecular formula is C11H24N2. The largest absolute Gasteiger partial charge is 0.318 e. The van der Waals surface area contributed by atoms with Crippen molar-refractivity contribution in [3.63, 3.8) is 0 Å². The van der Waals surface area contributed by atoms with Gasteiger partial charge in [-0.25, -0.2) is 0 Å². The van der Waals surface area contributed by atoms with Crippen LogP contribution in [0.15, 0.2) is 0 Å². The van der Waals surface area contributed by atoms with Gasteiger partial charge in [0.1, 0.15) is 0 Å². The summed E-state index contributed by atoms with van der Waals surface area (Å²) >= 11 is 0. The van der Waals surface area contributed by atoms with Gasteiger partial charge in [0.05, 0.1) is 0 Å². The average molecular weight is 184 g/mol. The van der Waals surface area contributed by atoms with Crippen molar-refractivity contribution in [1.29, 1.82) is 0 Å². The van der Waals surface area contributed by atoms with Crippen molar-refractivity contribution < 1.29 is 0 Å². The first-order chi connectivity index (χ1) is 6.27. The molecule has 0 amide bonds. The second kappa shape index (κ2) is 5.61. The molecule has 0 radical (unpaired) electrons. The van der Waals surface area contributed by atoms with E-state index in [4.69, 9.17) is 0 Å². The summed E-state index contributed by atoms with van der Waals surface area (Å²) in [5.41, 5.74) is 0. The van der Waals surface area contributed by atoms with Gasteiger partial charge in [0.15, 0.2) is 0 Å². The number of nitrogens with one attached hydrogen (secondary N) is 1. The molecule has 1 aliphatic rings. The molecule has 0 spiro atoms. The van der Waals surface area contributed by atoms with E-state index in [-0.39, 0.29) is 0 Å². The Morgan fingerprint density at radius 2 is 2.15 bits per heavy atom. The average Bonchev–Trinajstić information content (AvgIpc) is 2.03. The zero-order chi connectivity index (χ0) is 9.68. The van der Waals surface area contributed by atoms with Crippen LogP contribution in [0.3, 0.4) is 0 Å². The van der Waals surface area contributed by atoms with Crippen LogP contribution in [0.1, 0.15) is 33.1 Å². The monoisotopic (exact) mass is 184 g/mol. The number of likely N-dealkylation sites (N-methyl/N-ethyl adjacent to an activating group) is 2. The maximum atomic E-state index is 3.25. The van der Waals surface area contributed by atoms with Crippen molar-refractivity contribution in [3.8, 4) is 0 Å². The second-order valence-corrected chi connectivity index (χ2v) is 4.29. The minimum Gasteiger partial charge on any atom is -0.318 e. The van der Waals surface area contributed by atoms with Gasteiger partial charge in [0, 0.05) is 19.1 Å². The van der Waals surface area contributed by atoms with Crippen LogP contribution in [0.25, 0.3) is 0 Å². The molecule has 0 heterocycles. The normalized spacial score (nSPS) is 20.3. The van der Waals surface area contributed by atoms with Crippen LogP contribution < -0.4 is 5.32 Å². The predicted molar refractivity (Wildman–Crippen MR) is 58.0 cm³/mol. The molecule has 0 aliphatic heterocycles. The van der Waals surface area contributed by atoms with E-state index < -0.39 is 0 Å². The maximum Gasteiger partial charge on any atom is 0.0192 e. The Balaban J connectivity index is 2.23. The summed E-state index contributed by atoms with van der Waals surface area (Å²) in [7, 11) is 2.04. The third-order valence-electron chi connectivity index (χ3n) is 3.25. The van der Waals surface area contributed by atoms with Gasteiger partial charge in [-0.05, 0) is 39.3 Å². The van der Waals surface area contributed by atoms with Gasteiger partial charge < -0.3 is 5.32 Å².